The highest BCUT2D eigenvalue weighted by molar-refractivity contribution is 5.86. The molecule has 2 amide bonds. The fraction of sp³-hybridized carbons (Fsp3) is 0.857. The molecule has 1 saturated carbocycles. The molecule has 0 aromatic rings. The third kappa shape index (κ3) is 2.54. The fourth-order valence-electron chi connectivity index (χ4n) is 3.73. The molecule has 0 aromatic carbocycles. The minimum Gasteiger partial charge on any atom is -0.389 e. The second-order valence-electron chi connectivity index (χ2n) is 6.32. The number of hydrogen-bond acceptors (Lipinski definition) is 4. The number of nitrogens with one attached hydrogen (secondary N) is 2. The molecule has 3 aliphatic rings. The first kappa shape index (κ1) is 13.8. The van der Waals surface area contributed by atoms with Gasteiger partial charge < -0.3 is 15.3 Å². The summed E-state index contributed by atoms with van der Waals surface area (Å²) in [5, 5.41) is 16.3. The number of carbonyl (C=O) groups is 2. The molecule has 3 atom stereocenters. The molecule has 2 saturated heterocycles. The van der Waals surface area contributed by atoms with E-state index in [0.717, 1.165) is 25.7 Å². The molecule has 3 fully saturated rings. The number of rotatable bonds is 1. The molecule has 2 aliphatic heterocycles. The van der Waals surface area contributed by atoms with E-state index in [-0.39, 0.29) is 30.3 Å². The molecule has 0 bridgehead atoms. The normalized spacial score (nSPS) is 38.0. The van der Waals surface area contributed by atoms with Crippen LogP contribution in [0.15, 0.2) is 0 Å². The van der Waals surface area contributed by atoms with Gasteiger partial charge in [-0.3, -0.25) is 14.9 Å². The van der Waals surface area contributed by atoms with Crippen LogP contribution in [0, 0.1) is 5.92 Å². The van der Waals surface area contributed by atoms with Gasteiger partial charge in [0.15, 0.2) is 0 Å². The van der Waals surface area contributed by atoms with Crippen LogP contribution in [0.5, 0.6) is 0 Å². The van der Waals surface area contributed by atoms with Gasteiger partial charge in [-0.1, -0.05) is 12.8 Å². The number of likely N-dealkylation sites (tertiary alicyclic amines) is 1. The summed E-state index contributed by atoms with van der Waals surface area (Å²) in [4.78, 5) is 25.4. The van der Waals surface area contributed by atoms with Crippen molar-refractivity contribution in [3.05, 3.63) is 0 Å². The monoisotopic (exact) mass is 281 g/mol. The number of fused-ring (bicyclic) bond motifs is 1. The molecule has 2 heterocycles. The highest BCUT2D eigenvalue weighted by atomic mass is 16.3. The molecule has 3 rings (SSSR count). The SMILES string of the molecule is O=C1CNC(C(=O)N2CCC3(O)CCCCC3C2)CN1. The smallest absolute Gasteiger partial charge is 0.241 e. The van der Waals surface area contributed by atoms with Crippen LogP contribution in [0.4, 0.5) is 0 Å². The van der Waals surface area contributed by atoms with Crippen molar-refractivity contribution in [3.8, 4) is 0 Å². The molecule has 0 radical (unpaired) electrons. The van der Waals surface area contributed by atoms with Crippen LogP contribution in [-0.2, 0) is 9.59 Å². The lowest BCUT2D eigenvalue weighted by Gasteiger charge is -2.48. The van der Waals surface area contributed by atoms with E-state index in [1.165, 1.54) is 0 Å². The summed E-state index contributed by atoms with van der Waals surface area (Å²) < 4.78 is 0. The number of piperidine rings is 1. The van der Waals surface area contributed by atoms with Crippen LogP contribution in [0.1, 0.15) is 32.1 Å². The highest BCUT2D eigenvalue weighted by Gasteiger charge is 2.44. The average molecular weight is 281 g/mol. The number of amides is 2. The van der Waals surface area contributed by atoms with Crippen molar-refractivity contribution >= 4 is 11.8 Å². The van der Waals surface area contributed by atoms with Gasteiger partial charge in [-0.15, -0.1) is 0 Å². The molecule has 3 N–H and O–H groups in total. The van der Waals surface area contributed by atoms with Crippen LogP contribution in [0.2, 0.25) is 0 Å². The van der Waals surface area contributed by atoms with Crippen molar-refractivity contribution in [2.24, 2.45) is 5.92 Å². The van der Waals surface area contributed by atoms with Gasteiger partial charge >= 0.3 is 0 Å². The van der Waals surface area contributed by atoms with Crippen LogP contribution >= 0.6 is 0 Å². The Bertz CT molecular complexity index is 404. The maximum atomic E-state index is 12.5. The Morgan fingerprint density at radius 1 is 1.35 bits per heavy atom. The largest absolute Gasteiger partial charge is 0.389 e. The third-order valence-corrected chi connectivity index (χ3v) is 5.05. The zero-order chi connectivity index (χ0) is 14.2. The summed E-state index contributed by atoms with van der Waals surface area (Å²) in [6.07, 6.45) is 4.80. The molecular weight excluding hydrogens is 258 g/mol. The molecule has 0 aromatic heterocycles. The van der Waals surface area contributed by atoms with Gasteiger partial charge in [0, 0.05) is 25.6 Å². The quantitative estimate of drug-likeness (QED) is 0.589. The van der Waals surface area contributed by atoms with E-state index in [0.29, 0.717) is 26.1 Å². The Hall–Kier alpha value is -1.14. The van der Waals surface area contributed by atoms with E-state index in [1.807, 2.05) is 4.90 Å². The summed E-state index contributed by atoms with van der Waals surface area (Å²) in [7, 11) is 0. The predicted octanol–water partition coefficient (Wildman–Crippen LogP) is -0.772. The van der Waals surface area contributed by atoms with E-state index < -0.39 is 5.60 Å². The molecular formula is C14H23N3O3. The number of aliphatic hydroxyl groups is 1. The molecule has 1 aliphatic carbocycles. The highest BCUT2D eigenvalue weighted by Crippen LogP contribution is 2.39. The van der Waals surface area contributed by atoms with E-state index in [2.05, 4.69) is 10.6 Å². The minimum absolute atomic E-state index is 0.0534. The van der Waals surface area contributed by atoms with Crippen molar-refractivity contribution in [1.29, 1.82) is 0 Å². The number of carbonyl (C=O) groups excluding carboxylic acids is 2. The summed E-state index contributed by atoms with van der Waals surface area (Å²) >= 11 is 0. The minimum atomic E-state index is -0.552. The molecule has 20 heavy (non-hydrogen) atoms. The molecule has 6 heteroatoms. The Labute approximate surface area is 118 Å². The van der Waals surface area contributed by atoms with Gasteiger partial charge in [-0.2, -0.15) is 0 Å². The first-order chi connectivity index (χ1) is 9.58. The Morgan fingerprint density at radius 2 is 2.20 bits per heavy atom. The molecule has 112 valence electrons. The second-order valence-corrected chi connectivity index (χ2v) is 6.32. The lowest BCUT2D eigenvalue weighted by Crippen LogP contribution is -2.62. The first-order valence-electron chi connectivity index (χ1n) is 7.60. The maximum absolute atomic E-state index is 12.5. The third-order valence-electron chi connectivity index (χ3n) is 5.05. The number of piperazine rings is 1. The Balaban J connectivity index is 1.61. The Morgan fingerprint density at radius 3 is 2.95 bits per heavy atom. The van der Waals surface area contributed by atoms with Crippen LogP contribution < -0.4 is 10.6 Å². The predicted molar refractivity (Wildman–Crippen MR) is 72.9 cm³/mol. The average Bonchev–Trinajstić information content (AvgIpc) is 2.46. The standard InChI is InChI=1S/C14H23N3O3/c18-12-8-15-11(7-16-12)13(19)17-6-5-14(20)4-2-1-3-10(14)9-17/h10-11,15,20H,1-9H2,(H,16,18). The van der Waals surface area contributed by atoms with E-state index in [9.17, 15) is 14.7 Å². The van der Waals surface area contributed by atoms with Gasteiger partial charge in [0.05, 0.1) is 12.1 Å². The van der Waals surface area contributed by atoms with Crippen LogP contribution in [0.3, 0.4) is 0 Å². The summed E-state index contributed by atoms with van der Waals surface area (Å²) in [6.45, 7) is 1.85. The van der Waals surface area contributed by atoms with Crippen molar-refractivity contribution < 1.29 is 14.7 Å². The van der Waals surface area contributed by atoms with Crippen molar-refractivity contribution in [2.75, 3.05) is 26.2 Å². The fourth-order valence-corrected chi connectivity index (χ4v) is 3.73. The van der Waals surface area contributed by atoms with E-state index in [1.54, 1.807) is 0 Å². The maximum Gasteiger partial charge on any atom is 0.241 e. The summed E-state index contributed by atoms with van der Waals surface area (Å²) in [5.74, 6) is 0.208. The van der Waals surface area contributed by atoms with E-state index >= 15 is 0 Å². The van der Waals surface area contributed by atoms with Gasteiger partial charge in [0.25, 0.3) is 0 Å². The van der Waals surface area contributed by atoms with Gasteiger partial charge in [0.1, 0.15) is 6.04 Å². The van der Waals surface area contributed by atoms with Crippen molar-refractivity contribution in [3.63, 3.8) is 0 Å². The summed E-state index contributed by atoms with van der Waals surface area (Å²) in [5.41, 5.74) is -0.552. The lowest BCUT2D eigenvalue weighted by atomic mass is 9.71. The van der Waals surface area contributed by atoms with Gasteiger partial charge in [0.2, 0.25) is 11.8 Å². The van der Waals surface area contributed by atoms with Crippen molar-refractivity contribution in [1.82, 2.24) is 15.5 Å². The first-order valence-corrected chi connectivity index (χ1v) is 7.60. The lowest BCUT2D eigenvalue weighted by molar-refractivity contribution is -0.146. The Kier molecular flexibility index (Phi) is 3.69. The molecule has 3 unspecified atom stereocenters. The van der Waals surface area contributed by atoms with Gasteiger partial charge in [-0.25, -0.2) is 0 Å². The number of hydrogen-bond donors (Lipinski definition) is 3. The molecule has 6 nitrogen and oxygen atoms in total. The second kappa shape index (κ2) is 5.33. The van der Waals surface area contributed by atoms with Crippen LogP contribution in [-0.4, -0.2) is 59.6 Å². The zero-order valence-electron chi connectivity index (χ0n) is 11.7. The zero-order valence-corrected chi connectivity index (χ0v) is 11.7. The number of nitrogens with zero attached hydrogens (tertiary/aromatic N) is 1. The van der Waals surface area contributed by atoms with Crippen molar-refractivity contribution in [2.45, 2.75) is 43.7 Å². The van der Waals surface area contributed by atoms with E-state index in [4.69, 9.17) is 0 Å². The van der Waals surface area contributed by atoms with Crippen LogP contribution in [0.25, 0.3) is 0 Å². The molecule has 0 spiro atoms. The van der Waals surface area contributed by atoms with Gasteiger partial charge in [-0.05, 0) is 19.3 Å². The topological polar surface area (TPSA) is 81.7 Å². The summed E-state index contributed by atoms with van der Waals surface area (Å²) in [6, 6.07) is -0.317.